The van der Waals surface area contributed by atoms with Crippen molar-refractivity contribution >= 4 is 44.6 Å². The highest BCUT2D eigenvalue weighted by atomic mass is 32.1. The maximum absolute atomic E-state index is 13.0. The molecular formula is C23H16N2O3S. The Labute approximate surface area is 171 Å². The summed E-state index contributed by atoms with van der Waals surface area (Å²) in [7, 11) is 0. The molecule has 0 N–H and O–H groups in total. The number of hydrogen-bond acceptors (Lipinski definition) is 6. The average molecular weight is 400 g/mol. The minimum absolute atomic E-state index is 0.418. The van der Waals surface area contributed by atoms with Crippen molar-refractivity contribution in [1.82, 2.24) is 4.98 Å². The Morgan fingerprint density at radius 1 is 1.10 bits per heavy atom. The van der Waals surface area contributed by atoms with Crippen molar-refractivity contribution in [3.8, 4) is 6.07 Å². The van der Waals surface area contributed by atoms with Crippen LogP contribution in [0.4, 0.5) is 0 Å². The van der Waals surface area contributed by atoms with Crippen molar-refractivity contribution in [1.29, 1.82) is 5.26 Å². The number of Topliss-reactive ketones (excluding diaryl/α,β-unsaturated/α-hetero) is 1. The molecule has 1 heterocycles. The molecule has 5 nitrogen and oxygen atoms in total. The molecule has 142 valence electrons. The second kappa shape index (κ2) is 7.82. The van der Waals surface area contributed by atoms with Crippen molar-refractivity contribution < 1.29 is 14.3 Å². The van der Waals surface area contributed by atoms with E-state index in [1.165, 1.54) is 11.3 Å². The van der Waals surface area contributed by atoms with Gasteiger partial charge in [0, 0.05) is 11.1 Å². The second-order valence-corrected chi connectivity index (χ2v) is 7.52. The molecule has 0 aliphatic carbocycles. The van der Waals surface area contributed by atoms with Gasteiger partial charge in [-0.1, -0.05) is 48.5 Å². The van der Waals surface area contributed by atoms with E-state index >= 15 is 0 Å². The van der Waals surface area contributed by atoms with Crippen LogP contribution in [0, 0.1) is 18.3 Å². The first kappa shape index (κ1) is 18.8. The Balaban J connectivity index is 1.64. The number of nitrogens with zero attached hydrogens (tertiary/aromatic N) is 2. The third-order valence-electron chi connectivity index (χ3n) is 4.66. The number of ketones is 1. The molecule has 3 aromatic carbocycles. The first-order chi connectivity index (χ1) is 14.1. The van der Waals surface area contributed by atoms with Gasteiger partial charge in [0.1, 0.15) is 5.01 Å². The normalized spacial score (nSPS) is 11.9. The smallest absolute Gasteiger partial charge is 0.339 e. The molecule has 0 bridgehead atoms. The highest BCUT2D eigenvalue weighted by molar-refractivity contribution is 7.09. The molecule has 4 aromatic rings. The highest BCUT2D eigenvalue weighted by Crippen LogP contribution is 2.29. The highest BCUT2D eigenvalue weighted by Gasteiger charge is 2.25. The lowest BCUT2D eigenvalue weighted by atomic mass is 9.97. The molecule has 0 unspecified atom stereocenters. The Kier molecular flexibility index (Phi) is 5.07. The zero-order chi connectivity index (χ0) is 20.4. The van der Waals surface area contributed by atoms with Gasteiger partial charge in [-0.25, -0.2) is 9.78 Å². The van der Waals surface area contributed by atoms with Crippen molar-refractivity contribution in [3.63, 3.8) is 0 Å². The average Bonchev–Trinajstić information content (AvgIpc) is 3.16. The van der Waals surface area contributed by atoms with E-state index in [1.807, 2.05) is 60.7 Å². The van der Waals surface area contributed by atoms with Crippen LogP contribution in [0.15, 0.2) is 60.0 Å². The summed E-state index contributed by atoms with van der Waals surface area (Å²) in [6, 6.07) is 19.1. The van der Waals surface area contributed by atoms with E-state index in [2.05, 4.69) is 4.98 Å². The van der Waals surface area contributed by atoms with E-state index in [1.54, 1.807) is 12.3 Å². The number of aryl methyl sites for hydroxylation is 1. The molecule has 0 radical (unpaired) electrons. The minimum Gasteiger partial charge on any atom is -0.454 e. The van der Waals surface area contributed by atoms with Gasteiger partial charge in [-0.3, -0.25) is 4.79 Å². The third-order valence-corrected chi connectivity index (χ3v) is 5.68. The standard InChI is InChI=1S/C23H16N2O3S/c1-14-13-29-22(25-14)19(11-24)20(26)12-28-23(27)21-17-8-4-2-6-15(17)10-16-7-3-5-9-18(16)21/h2-10,13,19H,12H2,1H3/t19-/m0/s1. The largest absolute Gasteiger partial charge is 0.454 e. The number of rotatable bonds is 5. The molecule has 29 heavy (non-hydrogen) atoms. The van der Waals surface area contributed by atoms with Crippen LogP contribution in [0.5, 0.6) is 0 Å². The molecule has 0 amide bonds. The van der Waals surface area contributed by atoms with Crippen molar-refractivity contribution in [2.75, 3.05) is 6.61 Å². The van der Waals surface area contributed by atoms with E-state index in [0.29, 0.717) is 10.6 Å². The Morgan fingerprint density at radius 2 is 1.72 bits per heavy atom. The third kappa shape index (κ3) is 3.60. The summed E-state index contributed by atoms with van der Waals surface area (Å²) in [5, 5.41) is 14.9. The lowest BCUT2D eigenvalue weighted by molar-refractivity contribution is -0.122. The molecule has 1 atom stereocenters. The summed E-state index contributed by atoms with van der Waals surface area (Å²) in [6.45, 7) is 1.32. The van der Waals surface area contributed by atoms with Gasteiger partial charge >= 0.3 is 5.97 Å². The number of carbonyl (C=O) groups excluding carboxylic acids is 2. The van der Waals surface area contributed by atoms with Gasteiger partial charge < -0.3 is 4.74 Å². The fraction of sp³-hybridized carbons (Fsp3) is 0.130. The second-order valence-electron chi connectivity index (χ2n) is 6.63. The van der Waals surface area contributed by atoms with Crippen molar-refractivity contribution in [3.05, 3.63) is 76.2 Å². The first-order valence-corrected chi connectivity index (χ1v) is 9.88. The van der Waals surface area contributed by atoms with Crippen LogP contribution in [0.3, 0.4) is 0 Å². The summed E-state index contributed by atoms with van der Waals surface area (Å²) in [5.41, 5.74) is 1.17. The van der Waals surface area contributed by atoms with Gasteiger partial charge in [-0.05, 0) is 34.5 Å². The van der Waals surface area contributed by atoms with Gasteiger partial charge in [-0.15, -0.1) is 11.3 Å². The topological polar surface area (TPSA) is 80.0 Å². The van der Waals surface area contributed by atoms with Crippen LogP contribution in [0.1, 0.15) is 27.0 Å². The zero-order valence-electron chi connectivity index (χ0n) is 15.6. The molecule has 0 aliphatic rings. The first-order valence-electron chi connectivity index (χ1n) is 9.00. The monoisotopic (exact) mass is 400 g/mol. The fourth-order valence-electron chi connectivity index (χ4n) is 3.30. The van der Waals surface area contributed by atoms with Crippen LogP contribution in [-0.2, 0) is 9.53 Å². The van der Waals surface area contributed by atoms with Crippen molar-refractivity contribution in [2.45, 2.75) is 12.8 Å². The van der Waals surface area contributed by atoms with Crippen molar-refractivity contribution in [2.24, 2.45) is 0 Å². The fourth-order valence-corrected chi connectivity index (χ4v) is 4.16. The Bertz CT molecular complexity index is 1230. The predicted octanol–water partition coefficient (Wildman–Crippen LogP) is 4.79. The quantitative estimate of drug-likeness (QED) is 0.355. The van der Waals surface area contributed by atoms with E-state index < -0.39 is 24.3 Å². The minimum atomic E-state index is -1.04. The van der Waals surface area contributed by atoms with Crippen LogP contribution >= 0.6 is 11.3 Å². The molecule has 0 spiro atoms. The Morgan fingerprint density at radius 3 is 2.28 bits per heavy atom. The lowest BCUT2D eigenvalue weighted by Gasteiger charge is -2.12. The molecule has 0 saturated carbocycles. The van der Waals surface area contributed by atoms with Crippen LogP contribution in [-0.4, -0.2) is 23.3 Å². The molecule has 1 aromatic heterocycles. The molecule has 4 rings (SSSR count). The number of aromatic nitrogens is 1. The zero-order valence-corrected chi connectivity index (χ0v) is 16.4. The maximum atomic E-state index is 13.0. The van der Waals surface area contributed by atoms with Gasteiger partial charge in [0.2, 0.25) is 0 Å². The van der Waals surface area contributed by atoms with E-state index in [4.69, 9.17) is 4.74 Å². The molecule has 0 fully saturated rings. The van der Waals surface area contributed by atoms with Crippen LogP contribution in [0.25, 0.3) is 21.5 Å². The molecular weight excluding hydrogens is 384 g/mol. The van der Waals surface area contributed by atoms with Gasteiger partial charge in [0.15, 0.2) is 18.3 Å². The molecule has 0 aliphatic heterocycles. The van der Waals surface area contributed by atoms with Gasteiger partial charge in [0.05, 0.1) is 11.6 Å². The summed E-state index contributed by atoms with van der Waals surface area (Å²) in [6.07, 6.45) is 0. The number of fused-ring (bicyclic) bond motifs is 2. The summed E-state index contributed by atoms with van der Waals surface area (Å²) >= 11 is 1.25. The van der Waals surface area contributed by atoms with E-state index in [-0.39, 0.29) is 0 Å². The summed E-state index contributed by atoms with van der Waals surface area (Å²) in [5.74, 6) is -2.11. The van der Waals surface area contributed by atoms with E-state index in [0.717, 1.165) is 27.2 Å². The summed E-state index contributed by atoms with van der Waals surface area (Å²) in [4.78, 5) is 29.7. The lowest BCUT2D eigenvalue weighted by Crippen LogP contribution is -2.20. The predicted molar refractivity (Wildman–Crippen MR) is 112 cm³/mol. The van der Waals surface area contributed by atoms with Gasteiger partial charge in [-0.2, -0.15) is 5.26 Å². The molecule has 6 heteroatoms. The molecule has 0 saturated heterocycles. The number of hydrogen-bond donors (Lipinski definition) is 0. The van der Waals surface area contributed by atoms with Crippen LogP contribution < -0.4 is 0 Å². The SMILES string of the molecule is Cc1csc([C@@H](C#N)C(=O)COC(=O)c2c3ccccc3cc3ccccc23)n1. The Hall–Kier alpha value is -3.56. The van der Waals surface area contributed by atoms with E-state index in [9.17, 15) is 14.9 Å². The number of benzene rings is 3. The number of carbonyl (C=O) groups is 2. The summed E-state index contributed by atoms with van der Waals surface area (Å²) < 4.78 is 5.35. The van der Waals surface area contributed by atoms with Gasteiger partial charge in [0.25, 0.3) is 0 Å². The number of nitriles is 1. The maximum Gasteiger partial charge on any atom is 0.339 e. The van der Waals surface area contributed by atoms with Crippen LogP contribution in [0.2, 0.25) is 0 Å². The number of esters is 1. The number of ether oxygens (including phenoxy) is 1. The number of thiazole rings is 1.